The van der Waals surface area contributed by atoms with Gasteiger partial charge in [-0.15, -0.1) is 0 Å². The highest BCUT2D eigenvalue weighted by molar-refractivity contribution is 5.75. The second-order valence-electron chi connectivity index (χ2n) is 4.21. The zero-order valence-electron chi connectivity index (χ0n) is 10.6. The maximum atomic E-state index is 10.5. The maximum Gasteiger partial charge on any atom is 0.129 e. The number of Topliss-reactive ketones (excluding diaryl/α,β-unsaturated/α-hetero) is 1. The normalized spacial score (nSPS) is 9.57. The Labute approximate surface area is 89.7 Å². The topological polar surface area (TPSA) is 20.3 Å². The third-order valence-corrected chi connectivity index (χ3v) is 1.63. The van der Waals surface area contributed by atoms with Crippen LogP contribution in [0, 0.1) is 0 Å². The van der Waals surface area contributed by atoms with Crippen LogP contribution in [0.1, 0.15) is 52.4 Å². The van der Waals surface area contributed by atoms with Crippen molar-refractivity contribution < 1.29 is 4.79 Å². The van der Waals surface area contributed by atoms with E-state index in [4.69, 9.17) is 0 Å². The van der Waals surface area contributed by atoms with Crippen molar-refractivity contribution in [3.8, 4) is 0 Å². The Morgan fingerprint density at radius 3 is 1.79 bits per heavy atom. The van der Waals surface area contributed by atoms with Gasteiger partial charge in [0.2, 0.25) is 0 Å². The van der Waals surface area contributed by atoms with Crippen LogP contribution in [-0.4, -0.2) is 31.8 Å². The molecule has 0 heterocycles. The molecule has 0 saturated heterocycles. The van der Waals surface area contributed by atoms with Gasteiger partial charge < -0.3 is 9.69 Å². The number of unbranched alkanes of at least 4 members (excludes halogenated alkanes) is 4. The van der Waals surface area contributed by atoms with E-state index in [-0.39, 0.29) is 0 Å². The second-order valence-corrected chi connectivity index (χ2v) is 4.21. The highest BCUT2D eigenvalue weighted by Crippen LogP contribution is 2.04. The van der Waals surface area contributed by atoms with E-state index in [2.05, 4.69) is 6.92 Å². The van der Waals surface area contributed by atoms with Gasteiger partial charge in [-0.25, -0.2) is 0 Å². The molecular weight excluding hydrogens is 174 g/mol. The van der Waals surface area contributed by atoms with Gasteiger partial charge in [0.25, 0.3) is 0 Å². The van der Waals surface area contributed by atoms with Gasteiger partial charge in [-0.3, -0.25) is 0 Å². The van der Waals surface area contributed by atoms with Crippen LogP contribution in [0.2, 0.25) is 0 Å². The number of hydrogen-bond donors (Lipinski definition) is 0. The molecular formula is C12H27NO. The van der Waals surface area contributed by atoms with Crippen LogP contribution in [0.4, 0.5) is 0 Å². The lowest BCUT2D eigenvalue weighted by Gasteiger charge is -1.95. The smallest absolute Gasteiger partial charge is 0.129 e. The molecule has 2 heteroatoms. The summed E-state index contributed by atoms with van der Waals surface area (Å²) >= 11 is 0. The van der Waals surface area contributed by atoms with Crippen molar-refractivity contribution in [2.75, 3.05) is 21.1 Å². The summed E-state index contributed by atoms with van der Waals surface area (Å²) < 4.78 is 0. The molecule has 0 amide bonds. The largest absolute Gasteiger partial charge is 0.312 e. The van der Waals surface area contributed by atoms with E-state index in [0.29, 0.717) is 5.78 Å². The first-order valence-electron chi connectivity index (χ1n) is 5.61. The fourth-order valence-electron chi connectivity index (χ4n) is 0.977. The molecule has 0 saturated carbocycles. The number of ketones is 1. The van der Waals surface area contributed by atoms with E-state index in [1.54, 1.807) is 6.92 Å². The van der Waals surface area contributed by atoms with Crippen LogP contribution in [0.3, 0.4) is 0 Å². The maximum absolute atomic E-state index is 10.5. The number of carbonyl (C=O) groups excluding carboxylic acids is 1. The molecule has 0 aromatic heterocycles. The van der Waals surface area contributed by atoms with E-state index in [9.17, 15) is 4.79 Å². The molecule has 0 aliphatic heterocycles. The number of nitrogens with zero attached hydrogens (tertiary/aromatic N) is 1. The van der Waals surface area contributed by atoms with Gasteiger partial charge in [0.05, 0.1) is 0 Å². The summed E-state index contributed by atoms with van der Waals surface area (Å²) in [5.74, 6) is 0.330. The lowest BCUT2D eigenvalue weighted by atomic mass is 10.1. The Balaban J connectivity index is 0. The molecule has 0 aromatic rings. The molecule has 0 aromatic carbocycles. The van der Waals surface area contributed by atoms with E-state index < -0.39 is 0 Å². The Morgan fingerprint density at radius 2 is 1.43 bits per heavy atom. The molecule has 0 aliphatic carbocycles. The number of carbonyl (C=O) groups is 1. The predicted octanol–water partition coefficient (Wildman–Crippen LogP) is 3.11. The first-order valence-corrected chi connectivity index (χ1v) is 5.61. The molecule has 0 radical (unpaired) electrons. The van der Waals surface area contributed by atoms with Gasteiger partial charge in [-0.1, -0.05) is 32.6 Å². The van der Waals surface area contributed by atoms with Crippen molar-refractivity contribution in [3.05, 3.63) is 0 Å². The van der Waals surface area contributed by atoms with Crippen LogP contribution < -0.4 is 0 Å². The minimum atomic E-state index is 0.330. The second kappa shape index (κ2) is 12.6. The highest BCUT2D eigenvalue weighted by atomic mass is 16.1. The van der Waals surface area contributed by atoms with E-state index in [0.717, 1.165) is 12.8 Å². The summed E-state index contributed by atoms with van der Waals surface area (Å²) in [6.45, 7) is 3.87. The van der Waals surface area contributed by atoms with Gasteiger partial charge in [0, 0.05) is 6.42 Å². The standard InChI is InChI=1S/C9H18O.C3H9N/c1-3-4-5-6-7-8-9(2)10;1-4(2)3/h3-8H2,1-2H3;1-3H3. The molecule has 0 N–H and O–H groups in total. The molecule has 2 nitrogen and oxygen atoms in total. The summed E-state index contributed by atoms with van der Waals surface area (Å²) in [5, 5.41) is 0. The van der Waals surface area contributed by atoms with Crippen molar-refractivity contribution in [2.24, 2.45) is 0 Å². The monoisotopic (exact) mass is 201 g/mol. The van der Waals surface area contributed by atoms with Gasteiger partial charge in [0.1, 0.15) is 5.78 Å². The van der Waals surface area contributed by atoms with Crippen molar-refractivity contribution >= 4 is 5.78 Å². The Hall–Kier alpha value is -0.370. The van der Waals surface area contributed by atoms with E-state index in [1.807, 2.05) is 26.0 Å². The minimum absolute atomic E-state index is 0.330. The Bertz CT molecular complexity index is 119. The van der Waals surface area contributed by atoms with E-state index in [1.165, 1.54) is 25.7 Å². The number of hydrogen-bond acceptors (Lipinski definition) is 2. The van der Waals surface area contributed by atoms with Crippen molar-refractivity contribution in [3.63, 3.8) is 0 Å². The van der Waals surface area contributed by atoms with Crippen molar-refractivity contribution in [1.29, 1.82) is 0 Å². The van der Waals surface area contributed by atoms with E-state index >= 15 is 0 Å². The quantitative estimate of drug-likeness (QED) is 0.615. The predicted molar refractivity (Wildman–Crippen MR) is 63.7 cm³/mol. The summed E-state index contributed by atoms with van der Waals surface area (Å²) in [6, 6.07) is 0. The molecule has 0 atom stereocenters. The molecule has 0 spiro atoms. The van der Waals surface area contributed by atoms with Crippen molar-refractivity contribution in [2.45, 2.75) is 52.4 Å². The van der Waals surface area contributed by atoms with Crippen molar-refractivity contribution in [1.82, 2.24) is 4.90 Å². The lowest BCUT2D eigenvalue weighted by molar-refractivity contribution is -0.117. The van der Waals surface area contributed by atoms with Crippen LogP contribution in [0.25, 0.3) is 0 Å². The zero-order valence-corrected chi connectivity index (χ0v) is 10.6. The number of rotatable bonds is 6. The average molecular weight is 201 g/mol. The molecule has 0 unspecified atom stereocenters. The molecule has 0 bridgehead atoms. The zero-order chi connectivity index (χ0) is 11.4. The minimum Gasteiger partial charge on any atom is -0.312 e. The fourth-order valence-corrected chi connectivity index (χ4v) is 0.977. The summed E-state index contributed by atoms with van der Waals surface area (Å²) in [7, 11) is 6.00. The van der Waals surface area contributed by atoms with Gasteiger partial charge in [-0.05, 0) is 34.5 Å². The van der Waals surface area contributed by atoms with Crippen LogP contribution >= 0.6 is 0 Å². The Morgan fingerprint density at radius 1 is 1.00 bits per heavy atom. The molecule has 0 aliphatic rings. The highest BCUT2D eigenvalue weighted by Gasteiger charge is 1.92. The first-order chi connectivity index (χ1) is 6.50. The fraction of sp³-hybridized carbons (Fsp3) is 0.917. The lowest BCUT2D eigenvalue weighted by Crippen LogP contribution is -1.99. The molecule has 0 fully saturated rings. The molecule has 86 valence electrons. The van der Waals surface area contributed by atoms with Gasteiger partial charge in [-0.2, -0.15) is 0 Å². The third kappa shape index (κ3) is 29.9. The SMILES string of the molecule is CCCCCCCC(C)=O.CN(C)C. The van der Waals surface area contributed by atoms with Crippen LogP contribution in [-0.2, 0) is 4.79 Å². The summed E-state index contributed by atoms with van der Waals surface area (Å²) in [5.41, 5.74) is 0. The first kappa shape index (κ1) is 16.1. The van der Waals surface area contributed by atoms with Crippen LogP contribution in [0.15, 0.2) is 0 Å². The summed E-state index contributed by atoms with van der Waals surface area (Å²) in [4.78, 5) is 12.5. The average Bonchev–Trinajstić information content (AvgIpc) is 2.02. The summed E-state index contributed by atoms with van der Waals surface area (Å²) in [6.07, 6.45) is 6.99. The third-order valence-electron chi connectivity index (χ3n) is 1.63. The molecule has 14 heavy (non-hydrogen) atoms. The van der Waals surface area contributed by atoms with Crippen LogP contribution in [0.5, 0.6) is 0 Å². The van der Waals surface area contributed by atoms with Gasteiger partial charge >= 0.3 is 0 Å². The molecule has 0 rings (SSSR count). The van der Waals surface area contributed by atoms with Gasteiger partial charge in [0.15, 0.2) is 0 Å². The Kier molecular flexibility index (Phi) is 14.5.